The summed E-state index contributed by atoms with van der Waals surface area (Å²) in [6, 6.07) is 11.1. The molecule has 7 nitrogen and oxygen atoms in total. The molecule has 0 unspecified atom stereocenters. The van der Waals surface area contributed by atoms with Crippen molar-refractivity contribution in [1.29, 1.82) is 0 Å². The van der Waals surface area contributed by atoms with Crippen LogP contribution in [0.4, 0.5) is 5.69 Å². The standard InChI is InChI=1S/C18H18N4O3/c23-17(13-6-1-2-7-14(13)22-9-3-4-10-22)19-12-16-20-18(25-21-16)15-8-5-11-24-15/h1-2,5-8,11H,3-4,9-10,12H2,(H,19,23). The number of nitrogens with one attached hydrogen (secondary N) is 1. The molecule has 1 N–H and O–H groups in total. The van der Waals surface area contributed by atoms with Gasteiger partial charge in [0.1, 0.15) is 0 Å². The number of hydrogen-bond donors (Lipinski definition) is 1. The van der Waals surface area contributed by atoms with Crippen LogP contribution in [0.2, 0.25) is 0 Å². The first-order valence-electron chi connectivity index (χ1n) is 8.30. The fourth-order valence-electron chi connectivity index (χ4n) is 2.98. The molecule has 2 aromatic heterocycles. The zero-order valence-corrected chi connectivity index (χ0v) is 13.6. The summed E-state index contributed by atoms with van der Waals surface area (Å²) < 4.78 is 10.3. The molecule has 7 heteroatoms. The van der Waals surface area contributed by atoms with E-state index in [2.05, 4.69) is 20.4 Å². The molecular weight excluding hydrogens is 320 g/mol. The molecule has 128 valence electrons. The Morgan fingerprint density at radius 3 is 2.80 bits per heavy atom. The summed E-state index contributed by atoms with van der Waals surface area (Å²) in [7, 11) is 0. The quantitative estimate of drug-likeness (QED) is 0.770. The summed E-state index contributed by atoms with van der Waals surface area (Å²) in [5.41, 5.74) is 1.64. The van der Waals surface area contributed by atoms with E-state index in [4.69, 9.17) is 8.94 Å². The molecule has 0 bridgehead atoms. The number of benzene rings is 1. The lowest BCUT2D eigenvalue weighted by atomic mass is 10.1. The van der Waals surface area contributed by atoms with Gasteiger partial charge in [0.2, 0.25) is 0 Å². The van der Waals surface area contributed by atoms with Crippen LogP contribution in [0.3, 0.4) is 0 Å². The molecule has 1 aliphatic rings. The van der Waals surface area contributed by atoms with Gasteiger partial charge < -0.3 is 19.2 Å². The van der Waals surface area contributed by atoms with Gasteiger partial charge in [-0.2, -0.15) is 4.98 Å². The van der Waals surface area contributed by atoms with E-state index in [-0.39, 0.29) is 12.5 Å². The molecule has 0 spiro atoms. The van der Waals surface area contributed by atoms with Crippen LogP contribution in [0.5, 0.6) is 0 Å². The number of furan rings is 1. The van der Waals surface area contributed by atoms with E-state index in [1.807, 2.05) is 24.3 Å². The predicted octanol–water partition coefficient (Wildman–Crippen LogP) is 2.86. The van der Waals surface area contributed by atoms with Crippen LogP contribution in [0, 0.1) is 0 Å². The van der Waals surface area contributed by atoms with Gasteiger partial charge in [-0.15, -0.1) is 0 Å². The minimum atomic E-state index is -0.146. The summed E-state index contributed by atoms with van der Waals surface area (Å²) in [4.78, 5) is 19.1. The minimum Gasteiger partial charge on any atom is -0.459 e. The lowest BCUT2D eigenvalue weighted by Gasteiger charge is -2.20. The SMILES string of the molecule is O=C(NCc1noc(-c2ccco2)n1)c1ccccc1N1CCCC1. The second-order valence-corrected chi connectivity index (χ2v) is 5.89. The van der Waals surface area contributed by atoms with Crippen molar-refractivity contribution in [3.8, 4) is 11.7 Å². The zero-order chi connectivity index (χ0) is 17.1. The van der Waals surface area contributed by atoms with Gasteiger partial charge in [-0.25, -0.2) is 0 Å². The van der Waals surface area contributed by atoms with Crippen LogP contribution < -0.4 is 10.2 Å². The van der Waals surface area contributed by atoms with Crippen molar-refractivity contribution >= 4 is 11.6 Å². The third-order valence-corrected chi connectivity index (χ3v) is 4.20. The summed E-state index contributed by atoms with van der Waals surface area (Å²) >= 11 is 0. The van der Waals surface area contributed by atoms with Crippen molar-refractivity contribution in [2.75, 3.05) is 18.0 Å². The summed E-state index contributed by atoms with van der Waals surface area (Å²) in [6.07, 6.45) is 3.86. The van der Waals surface area contributed by atoms with Crippen molar-refractivity contribution in [2.24, 2.45) is 0 Å². The maximum Gasteiger partial charge on any atom is 0.293 e. The van der Waals surface area contributed by atoms with Crippen molar-refractivity contribution in [1.82, 2.24) is 15.5 Å². The highest BCUT2D eigenvalue weighted by atomic mass is 16.5. The molecule has 4 rings (SSSR count). The average Bonchev–Trinajstić information content (AvgIpc) is 3.41. The van der Waals surface area contributed by atoms with Crippen LogP contribution in [0.15, 0.2) is 51.6 Å². The van der Waals surface area contributed by atoms with E-state index in [1.165, 1.54) is 6.26 Å². The average molecular weight is 338 g/mol. The highest BCUT2D eigenvalue weighted by Gasteiger charge is 2.19. The first kappa shape index (κ1) is 15.4. The Kier molecular flexibility index (Phi) is 4.20. The lowest BCUT2D eigenvalue weighted by Crippen LogP contribution is -2.27. The Morgan fingerprint density at radius 1 is 1.16 bits per heavy atom. The second-order valence-electron chi connectivity index (χ2n) is 5.89. The third-order valence-electron chi connectivity index (χ3n) is 4.20. The Morgan fingerprint density at radius 2 is 2.00 bits per heavy atom. The first-order valence-corrected chi connectivity index (χ1v) is 8.30. The molecular formula is C18H18N4O3. The van der Waals surface area contributed by atoms with Gasteiger partial charge >= 0.3 is 0 Å². The fourth-order valence-corrected chi connectivity index (χ4v) is 2.98. The third kappa shape index (κ3) is 3.26. The van der Waals surface area contributed by atoms with E-state index in [9.17, 15) is 4.79 Å². The van der Waals surface area contributed by atoms with Crippen LogP contribution in [-0.2, 0) is 6.54 Å². The van der Waals surface area contributed by atoms with Gasteiger partial charge in [0, 0.05) is 18.8 Å². The molecule has 1 saturated heterocycles. The number of amides is 1. The van der Waals surface area contributed by atoms with Crippen molar-refractivity contribution in [3.05, 3.63) is 54.0 Å². The molecule has 3 aromatic rings. The number of anilines is 1. The van der Waals surface area contributed by atoms with Gasteiger partial charge in [-0.1, -0.05) is 17.3 Å². The highest BCUT2D eigenvalue weighted by molar-refractivity contribution is 5.99. The van der Waals surface area contributed by atoms with Crippen LogP contribution in [-0.4, -0.2) is 29.1 Å². The number of aromatic nitrogens is 2. The molecule has 0 aliphatic carbocycles. The molecule has 0 atom stereocenters. The Labute approximate surface area is 144 Å². The summed E-state index contributed by atoms with van der Waals surface area (Å²) in [5.74, 6) is 1.06. The van der Waals surface area contributed by atoms with E-state index in [0.717, 1.165) is 31.6 Å². The number of rotatable bonds is 5. The maximum absolute atomic E-state index is 12.6. The number of carbonyl (C=O) groups is 1. The molecule has 0 radical (unpaired) electrons. The second kappa shape index (κ2) is 6.80. The van der Waals surface area contributed by atoms with Gasteiger partial charge in [0.15, 0.2) is 11.6 Å². The Hall–Kier alpha value is -3.09. The number of para-hydroxylation sites is 1. The molecule has 25 heavy (non-hydrogen) atoms. The molecule has 3 heterocycles. The topological polar surface area (TPSA) is 84.4 Å². The van der Waals surface area contributed by atoms with E-state index in [1.54, 1.807) is 12.1 Å². The van der Waals surface area contributed by atoms with E-state index in [0.29, 0.717) is 23.0 Å². The largest absolute Gasteiger partial charge is 0.459 e. The zero-order valence-electron chi connectivity index (χ0n) is 13.6. The Balaban J connectivity index is 1.44. The van der Waals surface area contributed by atoms with Crippen LogP contribution >= 0.6 is 0 Å². The van der Waals surface area contributed by atoms with Crippen molar-refractivity contribution in [3.63, 3.8) is 0 Å². The highest BCUT2D eigenvalue weighted by Crippen LogP contribution is 2.24. The molecule has 1 fully saturated rings. The normalized spacial score (nSPS) is 14.0. The maximum atomic E-state index is 12.6. The predicted molar refractivity (Wildman–Crippen MR) is 91.1 cm³/mol. The monoisotopic (exact) mass is 338 g/mol. The summed E-state index contributed by atoms with van der Waals surface area (Å²) in [5, 5.41) is 6.72. The van der Waals surface area contributed by atoms with Crippen LogP contribution in [0.1, 0.15) is 29.0 Å². The van der Waals surface area contributed by atoms with E-state index < -0.39 is 0 Å². The fraction of sp³-hybridized carbons (Fsp3) is 0.278. The molecule has 1 aliphatic heterocycles. The molecule has 0 saturated carbocycles. The minimum absolute atomic E-state index is 0.146. The Bertz CT molecular complexity index is 851. The number of carbonyl (C=O) groups excluding carboxylic acids is 1. The summed E-state index contributed by atoms with van der Waals surface area (Å²) in [6.45, 7) is 2.17. The van der Waals surface area contributed by atoms with Crippen molar-refractivity contribution < 1.29 is 13.7 Å². The molecule has 1 amide bonds. The smallest absolute Gasteiger partial charge is 0.293 e. The van der Waals surface area contributed by atoms with E-state index >= 15 is 0 Å². The van der Waals surface area contributed by atoms with Crippen LogP contribution in [0.25, 0.3) is 11.7 Å². The van der Waals surface area contributed by atoms with Gasteiger partial charge in [-0.05, 0) is 37.1 Å². The first-order chi connectivity index (χ1) is 12.3. The van der Waals surface area contributed by atoms with Gasteiger partial charge in [-0.3, -0.25) is 4.79 Å². The number of nitrogens with zero attached hydrogens (tertiary/aromatic N) is 3. The number of hydrogen-bond acceptors (Lipinski definition) is 6. The van der Waals surface area contributed by atoms with Gasteiger partial charge in [0.25, 0.3) is 11.8 Å². The molecule has 1 aromatic carbocycles. The van der Waals surface area contributed by atoms with Crippen molar-refractivity contribution in [2.45, 2.75) is 19.4 Å². The van der Waals surface area contributed by atoms with Gasteiger partial charge in [0.05, 0.1) is 18.4 Å². The lowest BCUT2D eigenvalue weighted by molar-refractivity contribution is 0.0950.